The van der Waals surface area contributed by atoms with E-state index in [0.29, 0.717) is 0 Å². The van der Waals surface area contributed by atoms with Crippen molar-refractivity contribution in [1.82, 2.24) is 19.7 Å². The number of aliphatic hydroxyl groups excluding tert-OH is 2. The van der Waals surface area contributed by atoms with Crippen molar-refractivity contribution in [2.75, 3.05) is 18.6 Å². The molecule has 3 heterocycles. The highest BCUT2D eigenvalue weighted by atomic mass is 32.2. The van der Waals surface area contributed by atoms with Crippen molar-refractivity contribution < 1.29 is 31.8 Å². The summed E-state index contributed by atoms with van der Waals surface area (Å²) >= 11 is 0. The molecule has 13 nitrogen and oxygen atoms in total. The van der Waals surface area contributed by atoms with Crippen molar-refractivity contribution in [3.63, 3.8) is 0 Å². The topological polar surface area (TPSA) is 206 Å². The molecule has 5 atom stereocenters. The minimum atomic E-state index is -4.25. The summed E-state index contributed by atoms with van der Waals surface area (Å²) in [4.78, 5) is 7.84. The van der Waals surface area contributed by atoms with Crippen molar-refractivity contribution in [3.8, 4) is 0 Å². The van der Waals surface area contributed by atoms with Crippen LogP contribution in [0.1, 0.15) is 6.23 Å². The molecule has 15 heteroatoms. The van der Waals surface area contributed by atoms with Crippen LogP contribution in [0, 0.1) is 0 Å². The number of nitrogens with two attached hydrogens (primary N) is 2. The number of hydrogen-bond donors (Lipinski definition) is 4. The van der Waals surface area contributed by atoms with Gasteiger partial charge in [-0.1, -0.05) is 0 Å². The largest absolute Gasteiger partial charge is 0.387 e. The zero-order valence-corrected chi connectivity index (χ0v) is 14.9. The first-order valence-electron chi connectivity index (χ1n) is 7.11. The number of anilines is 1. The number of aliphatic hydroxyl groups is 2. The van der Waals surface area contributed by atoms with E-state index in [1.165, 1.54) is 6.26 Å². The molecule has 0 radical (unpaired) electrons. The molecule has 144 valence electrons. The Kier molecular flexibility index (Phi) is 4.95. The summed E-state index contributed by atoms with van der Waals surface area (Å²) in [6.45, 7) is -0.615. The van der Waals surface area contributed by atoms with Gasteiger partial charge >= 0.3 is 10.3 Å². The number of ether oxygens (including phenoxy) is 1. The normalized spacial score (nSPS) is 27.8. The molecule has 1 fully saturated rings. The van der Waals surface area contributed by atoms with Crippen molar-refractivity contribution in [1.29, 1.82) is 0 Å². The molecule has 0 saturated carbocycles. The molecule has 2 aromatic rings. The van der Waals surface area contributed by atoms with Gasteiger partial charge in [-0.25, -0.2) is 19.8 Å². The monoisotopic (exact) mass is 408 g/mol. The maximum atomic E-state index is 11.9. The van der Waals surface area contributed by atoms with E-state index in [9.17, 15) is 22.8 Å². The third kappa shape index (κ3) is 3.41. The first kappa shape index (κ1) is 19.0. The molecule has 0 amide bonds. The third-order valence-electron chi connectivity index (χ3n) is 3.73. The summed E-state index contributed by atoms with van der Waals surface area (Å²) in [5.41, 5.74) is 5.93. The van der Waals surface area contributed by atoms with Crippen molar-refractivity contribution in [2.45, 2.75) is 29.6 Å². The van der Waals surface area contributed by atoms with Crippen LogP contribution in [-0.2, 0) is 30.0 Å². The fourth-order valence-electron chi connectivity index (χ4n) is 2.57. The summed E-state index contributed by atoms with van der Waals surface area (Å²) in [5, 5.41) is 29.5. The van der Waals surface area contributed by atoms with Crippen LogP contribution >= 0.6 is 0 Å². The highest BCUT2D eigenvalue weighted by Crippen LogP contribution is 2.33. The number of hydrogen-bond acceptors (Lipinski definition) is 11. The predicted molar refractivity (Wildman–Crippen MR) is 87.1 cm³/mol. The second kappa shape index (κ2) is 6.76. The lowest BCUT2D eigenvalue weighted by Crippen LogP contribution is -2.35. The van der Waals surface area contributed by atoms with Gasteiger partial charge in [0.25, 0.3) is 0 Å². The van der Waals surface area contributed by atoms with E-state index in [-0.39, 0.29) is 21.9 Å². The third-order valence-corrected chi connectivity index (χ3v) is 5.03. The highest BCUT2D eigenvalue weighted by Gasteiger charge is 2.45. The van der Waals surface area contributed by atoms with Gasteiger partial charge in [0.05, 0.1) is 22.8 Å². The summed E-state index contributed by atoms with van der Waals surface area (Å²) in [5.74, 6) is 0.0357. The lowest BCUT2D eigenvalue weighted by molar-refractivity contribution is -0.0532. The maximum absolute atomic E-state index is 11.9. The highest BCUT2D eigenvalue weighted by molar-refractivity contribution is 7.84. The molecule has 0 spiro atoms. The summed E-state index contributed by atoms with van der Waals surface area (Å²) in [6, 6.07) is 0. The minimum Gasteiger partial charge on any atom is -0.387 e. The van der Waals surface area contributed by atoms with Gasteiger partial charge in [-0.2, -0.15) is 13.5 Å². The van der Waals surface area contributed by atoms with E-state index in [1.54, 1.807) is 0 Å². The van der Waals surface area contributed by atoms with Gasteiger partial charge in [0.1, 0.15) is 30.5 Å². The quantitative estimate of drug-likeness (QED) is 0.391. The van der Waals surface area contributed by atoms with Gasteiger partial charge in [0, 0.05) is 6.26 Å². The van der Waals surface area contributed by atoms with Gasteiger partial charge in [-0.05, 0) is 0 Å². The zero-order valence-electron chi connectivity index (χ0n) is 13.3. The molecule has 1 saturated heterocycles. The zero-order chi connectivity index (χ0) is 19.2. The van der Waals surface area contributed by atoms with Crippen molar-refractivity contribution in [2.24, 2.45) is 5.14 Å². The van der Waals surface area contributed by atoms with Crippen LogP contribution in [0.3, 0.4) is 0 Å². The SMILES string of the molecule is C[S@@](=O)c1nn([C@@H]2O[C@H](COS(N)(=O)=O)[C@H](O)[C@H]2O)c2ncnc(N)c12. The number of fused-ring (bicyclic) bond motifs is 1. The molecule has 2 aromatic heterocycles. The lowest BCUT2D eigenvalue weighted by Gasteiger charge is -2.15. The average molecular weight is 408 g/mol. The summed E-state index contributed by atoms with van der Waals surface area (Å²) in [6.07, 6.45) is -2.92. The van der Waals surface area contributed by atoms with E-state index in [4.69, 9.17) is 15.6 Å². The average Bonchev–Trinajstić information content (AvgIpc) is 3.06. The van der Waals surface area contributed by atoms with Crippen molar-refractivity contribution in [3.05, 3.63) is 6.33 Å². The molecular weight excluding hydrogens is 392 g/mol. The van der Waals surface area contributed by atoms with E-state index < -0.39 is 52.3 Å². The molecule has 1 aliphatic rings. The van der Waals surface area contributed by atoms with Crippen molar-refractivity contribution >= 4 is 38.0 Å². The molecule has 26 heavy (non-hydrogen) atoms. The molecule has 0 unspecified atom stereocenters. The smallest absolute Gasteiger partial charge is 0.333 e. The van der Waals surface area contributed by atoms with Crippen LogP contribution in [-0.4, -0.2) is 73.8 Å². The van der Waals surface area contributed by atoms with Crippen LogP contribution in [0.2, 0.25) is 0 Å². The van der Waals surface area contributed by atoms with Gasteiger partial charge in [0.2, 0.25) is 0 Å². The van der Waals surface area contributed by atoms with Gasteiger partial charge < -0.3 is 20.7 Å². The minimum absolute atomic E-state index is 0.0357. The van der Waals surface area contributed by atoms with E-state index >= 15 is 0 Å². The maximum Gasteiger partial charge on any atom is 0.333 e. The van der Waals surface area contributed by atoms with Crippen LogP contribution in [0.4, 0.5) is 5.82 Å². The van der Waals surface area contributed by atoms with Gasteiger partial charge in [0.15, 0.2) is 16.9 Å². The Morgan fingerprint density at radius 3 is 2.69 bits per heavy atom. The molecular formula is C11H16N6O7S2. The molecule has 3 rings (SSSR count). The van der Waals surface area contributed by atoms with Crippen LogP contribution in [0.15, 0.2) is 11.4 Å². The summed E-state index contributed by atoms with van der Waals surface area (Å²) in [7, 11) is -5.80. The van der Waals surface area contributed by atoms with E-state index in [0.717, 1.165) is 11.0 Å². The van der Waals surface area contributed by atoms with E-state index in [2.05, 4.69) is 19.2 Å². The van der Waals surface area contributed by atoms with Crippen LogP contribution in [0.5, 0.6) is 0 Å². The van der Waals surface area contributed by atoms with Crippen LogP contribution < -0.4 is 10.9 Å². The van der Waals surface area contributed by atoms with E-state index in [1.807, 2.05) is 0 Å². The number of nitrogen functional groups attached to an aromatic ring is 1. The Balaban J connectivity index is 1.99. The molecule has 6 N–H and O–H groups in total. The first-order valence-corrected chi connectivity index (χ1v) is 10.1. The van der Waals surface area contributed by atoms with Crippen LogP contribution in [0.25, 0.3) is 11.0 Å². The Morgan fingerprint density at radius 1 is 1.38 bits per heavy atom. The summed E-state index contributed by atoms with van der Waals surface area (Å²) < 4.78 is 44.7. The first-order chi connectivity index (χ1) is 12.1. The predicted octanol–water partition coefficient (Wildman–Crippen LogP) is -3.01. The molecule has 0 aliphatic carbocycles. The number of rotatable bonds is 5. The Labute approximate surface area is 149 Å². The standard InChI is InChI=1S/C11H16N6O7S2/c1-25(20)10-5-8(12)14-3-15-9(5)17(16-10)11-7(19)6(18)4(24-11)2-23-26(13,21)22/h3-4,6-7,11,18-19H,2H2,1H3,(H2,12,14,15)(H2,13,21,22)/t4-,6+,7-,11-,25-/m1/s1. The number of aromatic nitrogens is 4. The Morgan fingerprint density at radius 2 is 2.08 bits per heavy atom. The molecule has 0 aromatic carbocycles. The number of nitrogens with zero attached hydrogens (tertiary/aromatic N) is 4. The van der Waals surface area contributed by atoms with Gasteiger partial charge in [-0.3, -0.25) is 8.39 Å². The molecule has 0 bridgehead atoms. The molecule has 1 aliphatic heterocycles. The fourth-order valence-corrected chi connectivity index (χ4v) is 3.58. The Bertz CT molecular complexity index is 963. The Hall–Kier alpha value is -1.75. The second-order valence-corrected chi connectivity index (χ2v) is 8.00. The second-order valence-electron chi connectivity index (χ2n) is 5.48. The lowest BCUT2D eigenvalue weighted by atomic mass is 10.1. The van der Waals surface area contributed by atoms with Gasteiger partial charge in [-0.15, -0.1) is 0 Å². The fraction of sp³-hybridized carbons (Fsp3) is 0.545.